The van der Waals surface area contributed by atoms with Crippen LogP contribution in [0.25, 0.3) is 0 Å². The summed E-state index contributed by atoms with van der Waals surface area (Å²) in [5.74, 6) is -2.10. The van der Waals surface area contributed by atoms with E-state index in [-0.39, 0.29) is 36.6 Å². The maximum atomic E-state index is 13.0. The number of nitrogens with one attached hydrogen (secondary N) is 2. The Kier molecular flexibility index (Phi) is 5.45. The number of likely N-dealkylation sites (tertiary alicyclic amines) is 1. The van der Waals surface area contributed by atoms with Crippen LogP contribution >= 0.6 is 0 Å². The Balaban J connectivity index is 1.39. The zero-order valence-electron chi connectivity index (χ0n) is 17.8. The van der Waals surface area contributed by atoms with Crippen LogP contribution in [0.15, 0.2) is 36.4 Å². The summed E-state index contributed by atoms with van der Waals surface area (Å²) in [5, 5.41) is 3.21. The fourth-order valence-corrected chi connectivity index (χ4v) is 4.35. The minimum Gasteiger partial charge on any atom is -0.497 e. The number of nitrogens with zero attached hydrogens (tertiary/aromatic N) is 2. The van der Waals surface area contributed by atoms with Crippen LogP contribution in [0, 0.1) is 11.8 Å². The van der Waals surface area contributed by atoms with Crippen molar-refractivity contribution in [1.82, 2.24) is 20.7 Å². The van der Waals surface area contributed by atoms with Crippen molar-refractivity contribution in [3.8, 4) is 5.75 Å². The maximum absolute atomic E-state index is 13.0. The number of ether oxygens (including phenoxy) is 1. The van der Waals surface area contributed by atoms with E-state index in [9.17, 15) is 24.0 Å². The Hall–Kier alpha value is -3.69. The van der Waals surface area contributed by atoms with Crippen molar-refractivity contribution in [1.29, 1.82) is 0 Å². The van der Waals surface area contributed by atoms with Crippen LogP contribution in [-0.2, 0) is 24.7 Å². The summed E-state index contributed by atoms with van der Waals surface area (Å²) in [6.45, 7) is 1.43. The van der Waals surface area contributed by atoms with Gasteiger partial charge in [0, 0.05) is 13.0 Å². The number of benzene rings is 1. The minimum absolute atomic E-state index is 0.104. The van der Waals surface area contributed by atoms with E-state index in [1.807, 2.05) is 12.2 Å². The first-order valence-electron chi connectivity index (χ1n) is 10.4. The number of hydrogen-bond donors (Lipinski definition) is 2. The molecular formula is C22H24N4O6. The number of methoxy groups -OCH3 is 1. The van der Waals surface area contributed by atoms with Crippen molar-refractivity contribution >= 4 is 29.7 Å². The van der Waals surface area contributed by atoms with Gasteiger partial charge in [0.2, 0.25) is 17.7 Å². The van der Waals surface area contributed by atoms with Gasteiger partial charge in [-0.3, -0.25) is 29.5 Å². The number of hydrogen-bond acceptors (Lipinski definition) is 6. The second kappa shape index (κ2) is 8.10. The number of hydrazine groups is 1. The SMILES string of the molecule is COc1cccc([C@]2(C)NC(=O)N(NC(=O)CCN3C(=O)[C@H]4CC=CC[C@H]4C3=O)C2=O)c1. The van der Waals surface area contributed by atoms with Crippen molar-refractivity contribution < 1.29 is 28.7 Å². The van der Waals surface area contributed by atoms with Gasteiger partial charge in [-0.25, -0.2) is 4.79 Å². The molecule has 10 nitrogen and oxygen atoms in total. The topological polar surface area (TPSA) is 125 Å². The molecule has 1 aliphatic carbocycles. The molecule has 0 spiro atoms. The lowest BCUT2D eigenvalue weighted by atomic mass is 9.85. The molecular weight excluding hydrogens is 416 g/mol. The fourth-order valence-electron chi connectivity index (χ4n) is 4.35. The highest BCUT2D eigenvalue weighted by Gasteiger charge is 2.50. The van der Waals surface area contributed by atoms with Gasteiger partial charge in [-0.05, 0) is 37.5 Å². The van der Waals surface area contributed by atoms with E-state index in [1.54, 1.807) is 24.3 Å². The second-order valence-electron chi connectivity index (χ2n) is 8.20. The van der Waals surface area contributed by atoms with E-state index < -0.39 is 23.4 Å². The zero-order valence-corrected chi connectivity index (χ0v) is 17.8. The highest BCUT2D eigenvalue weighted by molar-refractivity contribution is 6.08. The summed E-state index contributed by atoms with van der Waals surface area (Å²) in [5.41, 5.74) is 1.40. The molecule has 2 saturated heterocycles. The molecule has 2 fully saturated rings. The van der Waals surface area contributed by atoms with Crippen molar-refractivity contribution in [3.63, 3.8) is 0 Å². The van der Waals surface area contributed by atoms with Gasteiger partial charge in [0.1, 0.15) is 11.3 Å². The molecule has 1 aromatic rings. The largest absolute Gasteiger partial charge is 0.497 e. The van der Waals surface area contributed by atoms with Gasteiger partial charge in [0.25, 0.3) is 5.91 Å². The molecule has 0 saturated carbocycles. The van der Waals surface area contributed by atoms with Crippen molar-refractivity contribution in [2.24, 2.45) is 11.8 Å². The highest BCUT2D eigenvalue weighted by Crippen LogP contribution is 2.35. The number of imide groups is 2. The van der Waals surface area contributed by atoms with Crippen molar-refractivity contribution in [2.45, 2.75) is 31.7 Å². The number of carbonyl (C=O) groups excluding carboxylic acids is 5. The molecule has 0 bridgehead atoms. The van der Waals surface area contributed by atoms with Crippen LogP contribution in [0.2, 0.25) is 0 Å². The molecule has 0 radical (unpaired) electrons. The Morgan fingerprint density at radius 2 is 1.81 bits per heavy atom. The molecule has 2 aliphatic heterocycles. The third-order valence-corrected chi connectivity index (χ3v) is 6.24. The first-order chi connectivity index (χ1) is 15.3. The molecule has 4 rings (SSSR count). The van der Waals surface area contributed by atoms with Crippen LogP contribution in [-0.4, -0.2) is 53.2 Å². The highest BCUT2D eigenvalue weighted by atomic mass is 16.5. The zero-order chi connectivity index (χ0) is 23.0. The molecule has 168 valence electrons. The fraction of sp³-hybridized carbons (Fsp3) is 0.409. The minimum atomic E-state index is -1.39. The quantitative estimate of drug-likeness (QED) is 0.384. The van der Waals surface area contributed by atoms with Crippen molar-refractivity contribution in [3.05, 3.63) is 42.0 Å². The summed E-state index contributed by atoms with van der Waals surface area (Å²) >= 11 is 0. The number of amides is 6. The number of urea groups is 1. The molecule has 0 aromatic heterocycles. The lowest BCUT2D eigenvalue weighted by Crippen LogP contribution is -2.48. The van der Waals surface area contributed by atoms with Gasteiger partial charge in [-0.1, -0.05) is 24.3 Å². The van der Waals surface area contributed by atoms with Gasteiger partial charge in [0.05, 0.1) is 18.9 Å². The van der Waals surface area contributed by atoms with E-state index in [0.717, 1.165) is 4.90 Å². The molecule has 2 heterocycles. The van der Waals surface area contributed by atoms with Gasteiger partial charge in [0.15, 0.2) is 0 Å². The second-order valence-corrected chi connectivity index (χ2v) is 8.20. The predicted octanol–water partition coefficient (Wildman–Crippen LogP) is 0.835. The Bertz CT molecular complexity index is 1010. The number of rotatable bonds is 6. The smallest absolute Gasteiger partial charge is 0.344 e. The third kappa shape index (κ3) is 3.51. The van der Waals surface area contributed by atoms with Gasteiger partial charge in [-0.15, -0.1) is 0 Å². The lowest BCUT2D eigenvalue weighted by Gasteiger charge is -2.22. The first-order valence-corrected chi connectivity index (χ1v) is 10.4. The molecule has 32 heavy (non-hydrogen) atoms. The summed E-state index contributed by atoms with van der Waals surface area (Å²) in [4.78, 5) is 64.0. The first kappa shape index (κ1) is 21.5. The summed E-state index contributed by atoms with van der Waals surface area (Å²) < 4.78 is 5.18. The van der Waals surface area contributed by atoms with Crippen molar-refractivity contribution in [2.75, 3.05) is 13.7 Å². The monoisotopic (exact) mass is 440 g/mol. The number of allylic oxidation sites excluding steroid dienone is 2. The molecule has 0 unspecified atom stereocenters. The van der Waals surface area contributed by atoms with E-state index >= 15 is 0 Å². The van der Waals surface area contributed by atoms with E-state index in [4.69, 9.17) is 4.74 Å². The van der Waals surface area contributed by atoms with E-state index in [1.165, 1.54) is 14.0 Å². The number of carbonyl (C=O) groups is 5. The molecule has 3 atom stereocenters. The average molecular weight is 440 g/mol. The van der Waals surface area contributed by atoms with Crippen LogP contribution in [0.1, 0.15) is 31.7 Å². The average Bonchev–Trinajstić information content (AvgIpc) is 3.17. The normalized spacial score (nSPS) is 26.9. The van der Waals surface area contributed by atoms with E-state index in [2.05, 4.69) is 10.7 Å². The van der Waals surface area contributed by atoms with Gasteiger partial charge < -0.3 is 10.1 Å². The van der Waals surface area contributed by atoms with Gasteiger partial charge in [-0.2, -0.15) is 5.01 Å². The van der Waals surface area contributed by atoms with Crippen LogP contribution in [0.5, 0.6) is 5.75 Å². The summed E-state index contributed by atoms with van der Waals surface area (Å²) in [6, 6.07) is 5.92. The number of fused-ring (bicyclic) bond motifs is 1. The molecule has 3 aliphatic rings. The predicted molar refractivity (Wildman–Crippen MR) is 111 cm³/mol. The third-order valence-electron chi connectivity index (χ3n) is 6.24. The Morgan fingerprint density at radius 3 is 2.44 bits per heavy atom. The van der Waals surface area contributed by atoms with Crippen LogP contribution in [0.4, 0.5) is 4.79 Å². The van der Waals surface area contributed by atoms with Crippen LogP contribution in [0.3, 0.4) is 0 Å². The molecule has 10 heteroatoms. The molecule has 6 amide bonds. The Morgan fingerprint density at radius 1 is 1.16 bits per heavy atom. The standard InChI is InChI=1S/C22H24N4O6/c1-22(13-6-5-7-14(12-13)32-2)20(30)26(21(31)23-22)24-17(27)10-11-25-18(28)15-8-3-4-9-16(15)19(25)29/h3-7,12,15-16H,8-11H2,1-2H3,(H,23,31)(H,24,27)/t15-,16+,22-/m0/s1. The lowest BCUT2D eigenvalue weighted by molar-refractivity contribution is -0.142. The van der Waals surface area contributed by atoms with E-state index in [0.29, 0.717) is 29.2 Å². The molecule has 1 aromatic carbocycles. The molecule has 2 N–H and O–H groups in total. The summed E-state index contributed by atoms with van der Waals surface area (Å²) in [6.07, 6.45) is 4.59. The Labute approximate surface area is 184 Å². The maximum Gasteiger partial charge on any atom is 0.344 e. The van der Waals surface area contributed by atoms with Crippen LogP contribution < -0.4 is 15.5 Å². The van der Waals surface area contributed by atoms with Gasteiger partial charge >= 0.3 is 6.03 Å². The summed E-state index contributed by atoms with van der Waals surface area (Å²) in [7, 11) is 1.49.